The highest BCUT2D eigenvalue weighted by Gasteiger charge is 2.24. The number of aromatic nitrogens is 2. The maximum absolute atomic E-state index is 10.6. The van der Waals surface area contributed by atoms with E-state index in [1.54, 1.807) is 0 Å². The SMILES string of the molecule is O=c1[nH]c(O)c(CC2CO2)[nH]1. The highest BCUT2D eigenvalue weighted by molar-refractivity contribution is 5.17. The van der Waals surface area contributed by atoms with Crippen LogP contribution in [-0.2, 0) is 11.2 Å². The Morgan fingerprint density at radius 1 is 1.64 bits per heavy atom. The number of imidazole rings is 1. The van der Waals surface area contributed by atoms with Crippen LogP contribution < -0.4 is 5.69 Å². The minimum atomic E-state index is -0.377. The minimum absolute atomic E-state index is 0.0782. The van der Waals surface area contributed by atoms with Gasteiger partial charge in [-0.15, -0.1) is 0 Å². The Hall–Kier alpha value is -1.23. The molecule has 0 aliphatic carbocycles. The maximum Gasteiger partial charge on any atom is 0.325 e. The van der Waals surface area contributed by atoms with Crippen molar-refractivity contribution in [1.29, 1.82) is 0 Å². The number of aromatic amines is 2. The first-order chi connectivity index (χ1) is 5.25. The lowest BCUT2D eigenvalue weighted by molar-refractivity contribution is 0.398. The van der Waals surface area contributed by atoms with Crippen molar-refractivity contribution in [2.75, 3.05) is 6.61 Å². The third-order valence-electron chi connectivity index (χ3n) is 1.62. The predicted molar refractivity (Wildman–Crippen MR) is 36.5 cm³/mol. The van der Waals surface area contributed by atoms with Crippen LogP contribution in [0.2, 0.25) is 0 Å². The van der Waals surface area contributed by atoms with Crippen molar-refractivity contribution in [3.8, 4) is 5.88 Å². The molecule has 1 fully saturated rings. The fourth-order valence-electron chi connectivity index (χ4n) is 0.972. The Bertz CT molecular complexity index is 310. The summed E-state index contributed by atoms with van der Waals surface area (Å²) >= 11 is 0. The van der Waals surface area contributed by atoms with Gasteiger partial charge in [0.15, 0.2) is 0 Å². The van der Waals surface area contributed by atoms with Crippen molar-refractivity contribution in [2.24, 2.45) is 0 Å². The van der Waals surface area contributed by atoms with Crippen LogP contribution in [0.3, 0.4) is 0 Å². The van der Waals surface area contributed by atoms with Gasteiger partial charge in [-0.05, 0) is 0 Å². The van der Waals surface area contributed by atoms with E-state index in [0.29, 0.717) is 18.7 Å². The summed E-state index contributed by atoms with van der Waals surface area (Å²) in [6, 6.07) is 0. The van der Waals surface area contributed by atoms with Crippen molar-refractivity contribution < 1.29 is 9.84 Å². The van der Waals surface area contributed by atoms with Crippen molar-refractivity contribution in [3.05, 3.63) is 16.2 Å². The molecule has 5 nitrogen and oxygen atoms in total. The van der Waals surface area contributed by atoms with Crippen LogP contribution in [-0.4, -0.2) is 27.8 Å². The molecule has 60 valence electrons. The van der Waals surface area contributed by atoms with Gasteiger partial charge in [0.25, 0.3) is 0 Å². The number of hydrogen-bond acceptors (Lipinski definition) is 3. The second kappa shape index (κ2) is 2.13. The zero-order valence-corrected chi connectivity index (χ0v) is 5.76. The molecule has 0 aromatic carbocycles. The lowest BCUT2D eigenvalue weighted by Crippen LogP contribution is -2.02. The molecule has 1 aromatic rings. The number of rotatable bonds is 2. The summed E-state index contributed by atoms with van der Waals surface area (Å²) in [6.45, 7) is 0.715. The van der Waals surface area contributed by atoms with Gasteiger partial charge in [-0.25, -0.2) is 4.79 Å². The quantitative estimate of drug-likeness (QED) is 0.497. The third kappa shape index (κ3) is 1.27. The van der Waals surface area contributed by atoms with Gasteiger partial charge in [0, 0.05) is 6.42 Å². The summed E-state index contributed by atoms with van der Waals surface area (Å²) in [4.78, 5) is 15.3. The van der Waals surface area contributed by atoms with Crippen molar-refractivity contribution in [1.82, 2.24) is 9.97 Å². The summed E-state index contributed by atoms with van der Waals surface area (Å²) in [7, 11) is 0. The molecule has 11 heavy (non-hydrogen) atoms. The second-order valence-corrected chi connectivity index (χ2v) is 2.57. The number of ether oxygens (including phenoxy) is 1. The monoisotopic (exact) mass is 156 g/mol. The summed E-state index contributed by atoms with van der Waals surface area (Å²) in [5.74, 6) is -0.0782. The molecule has 1 aliphatic heterocycles. The molecule has 1 aromatic heterocycles. The Labute approximate surface area is 62.0 Å². The van der Waals surface area contributed by atoms with E-state index in [1.165, 1.54) is 0 Å². The smallest absolute Gasteiger partial charge is 0.325 e. The summed E-state index contributed by atoms with van der Waals surface area (Å²) in [6.07, 6.45) is 0.747. The van der Waals surface area contributed by atoms with Gasteiger partial charge < -0.3 is 14.8 Å². The number of hydrogen-bond donors (Lipinski definition) is 3. The molecule has 2 rings (SSSR count). The molecule has 0 saturated carbocycles. The van der Waals surface area contributed by atoms with Gasteiger partial charge in [-0.3, -0.25) is 4.98 Å². The Morgan fingerprint density at radius 3 is 2.82 bits per heavy atom. The average Bonchev–Trinajstić information content (AvgIpc) is 2.64. The summed E-state index contributed by atoms with van der Waals surface area (Å²) in [5, 5.41) is 9.07. The van der Waals surface area contributed by atoms with Gasteiger partial charge in [0.1, 0.15) is 0 Å². The molecule has 5 heteroatoms. The second-order valence-electron chi connectivity index (χ2n) is 2.57. The molecular weight excluding hydrogens is 148 g/mol. The minimum Gasteiger partial charge on any atom is -0.493 e. The van der Waals surface area contributed by atoms with Crippen molar-refractivity contribution >= 4 is 0 Å². The highest BCUT2D eigenvalue weighted by atomic mass is 16.6. The molecule has 0 bridgehead atoms. The third-order valence-corrected chi connectivity index (χ3v) is 1.62. The van der Waals surface area contributed by atoms with Gasteiger partial charge in [-0.1, -0.05) is 0 Å². The number of H-pyrrole nitrogens is 2. The van der Waals surface area contributed by atoms with Crippen LogP contribution in [0.5, 0.6) is 5.88 Å². The molecule has 0 amide bonds. The summed E-state index contributed by atoms with van der Waals surface area (Å²) in [5.41, 5.74) is 0.149. The molecule has 1 atom stereocenters. The molecule has 1 unspecified atom stereocenters. The Balaban J connectivity index is 2.21. The largest absolute Gasteiger partial charge is 0.493 e. The summed E-state index contributed by atoms with van der Waals surface area (Å²) < 4.78 is 4.93. The van der Waals surface area contributed by atoms with E-state index in [2.05, 4.69) is 9.97 Å². The van der Waals surface area contributed by atoms with Gasteiger partial charge in [-0.2, -0.15) is 0 Å². The number of epoxide rings is 1. The zero-order valence-electron chi connectivity index (χ0n) is 5.76. The van der Waals surface area contributed by atoms with Crippen LogP contribution in [0.25, 0.3) is 0 Å². The van der Waals surface area contributed by atoms with E-state index < -0.39 is 0 Å². The lowest BCUT2D eigenvalue weighted by atomic mass is 10.2. The molecule has 0 radical (unpaired) electrons. The zero-order chi connectivity index (χ0) is 7.84. The van der Waals surface area contributed by atoms with Crippen molar-refractivity contribution in [2.45, 2.75) is 12.5 Å². The van der Waals surface area contributed by atoms with Crippen molar-refractivity contribution in [3.63, 3.8) is 0 Å². The van der Waals surface area contributed by atoms with Gasteiger partial charge in [0.05, 0.1) is 18.4 Å². The Kier molecular flexibility index (Phi) is 1.25. The van der Waals surface area contributed by atoms with Crippen LogP contribution in [0.4, 0.5) is 0 Å². The fraction of sp³-hybridized carbons (Fsp3) is 0.500. The number of nitrogens with one attached hydrogen (secondary N) is 2. The van der Waals surface area contributed by atoms with Crippen LogP contribution >= 0.6 is 0 Å². The average molecular weight is 156 g/mol. The normalized spacial score (nSPS) is 22.0. The van der Waals surface area contributed by atoms with Crippen LogP contribution in [0, 0.1) is 0 Å². The van der Waals surface area contributed by atoms with E-state index in [9.17, 15) is 4.79 Å². The van der Waals surface area contributed by atoms with E-state index >= 15 is 0 Å². The first-order valence-electron chi connectivity index (χ1n) is 3.37. The fourth-order valence-corrected chi connectivity index (χ4v) is 0.972. The lowest BCUT2D eigenvalue weighted by Gasteiger charge is -1.90. The van der Waals surface area contributed by atoms with Crippen LogP contribution in [0.1, 0.15) is 5.69 Å². The van der Waals surface area contributed by atoms with E-state index in [-0.39, 0.29) is 17.7 Å². The van der Waals surface area contributed by atoms with E-state index in [4.69, 9.17) is 9.84 Å². The molecular formula is C6H8N2O3. The molecule has 1 saturated heterocycles. The number of aromatic hydroxyl groups is 1. The van der Waals surface area contributed by atoms with E-state index in [1.807, 2.05) is 0 Å². The maximum atomic E-state index is 10.6. The predicted octanol–water partition coefficient (Wildman–Crippen LogP) is -0.650. The molecule has 1 aliphatic rings. The topological polar surface area (TPSA) is 81.4 Å². The highest BCUT2D eigenvalue weighted by Crippen LogP contribution is 2.18. The Morgan fingerprint density at radius 2 is 2.36 bits per heavy atom. The molecule has 0 spiro atoms. The van der Waals surface area contributed by atoms with E-state index in [0.717, 1.165) is 0 Å². The first-order valence-corrected chi connectivity index (χ1v) is 3.37. The molecule has 2 heterocycles. The first kappa shape index (κ1) is 6.48. The van der Waals surface area contributed by atoms with Gasteiger partial charge in [0.2, 0.25) is 5.88 Å². The van der Waals surface area contributed by atoms with Crippen LogP contribution in [0.15, 0.2) is 4.79 Å². The van der Waals surface area contributed by atoms with Gasteiger partial charge >= 0.3 is 5.69 Å². The standard InChI is InChI=1S/C6H8N2O3/c9-5-4(1-3-2-11-3)7-6(10)8-5/h3,9H,1-2H2,(H2,7,8,10). The molecule has 3 N–H and O–H groups in total.